The molecule has 0 saturated carbocycles. The van der Waals surface area contributed by atoms with E-state index in [0.29, 0.717) is 5.75 Å². The van der Waals surface area contributed by atoms with Crippen LogP contribution in [0.3, 0.4) is 0 Å². The van der Waals surface area contributed by atoms with Crippen LogP contribution < -0.4 is 15.2 Å². The van der Waals surface area contributed by atoms with Crippen LogP contribution >= 0.6 is 11.6 Å². The molecule has 0 spiro atoms. The number of nitrogens with two attached hydrogens (primary N) is 1. The molecule has 1 aromatic rings. The summed E-state index contributed by atoms with van der Waals surface area (Å²) < 4.78 is 9.99. The molecule has 0 heterocycles. The average molecular weight is 244 g/mol. The molecule has 0 atom stereocenters. The van der Waals surface area contributed by atoms with Crippen molar-refractivity contribution in [2.24, 2.45) is 5.73 Å². The van der Waals surface area contributed by atoms with Crippen LogP contribution in [0.25, 0.3) is 0 Å². The number of ether oxygens (including phenoxy) is 2. The highest BCUT2D eigenvalue weighted by molar-refractivity contribution is 6.68. The highest BCUT2D eigenvalue weighted by Gasteiger charge is 2.11. The van der Waals surface area contributed by atoms with Crippen molar-refractivity contribution in [1.29, 1.82) is 0 Å². The van der Waals surface area contributed by atoms with Gasteiger partial charge in [-0.2, -0.15) is 0 Å². The van der Waals surface area contributed by atoms with Gasteiger partial charge in [0.15, 0.2) is 6.61 Å². The van der Waals surface area contributed by atoms with Crippen LogP contribution in [0, 0.1) is 0 Å². The molecule has 86 valence electrons. The standard InChI is InChI=1S/C10H10ClNO4/c1-15-8-4-6(16-5-9(12)13)2-3-7(8)10(11)14/h2-4H,5H2,1H3,(H2,12,13). The van der Waals surface area contributed by atoms with Crippen LogP contribution in [0.4, 0.5) is 0 Å². The van der Waals surface area contributed by atoms with Gasteiger partial charge in [-0.05, 0) is 23.7 Å². The zero-order valence-electron chi connectivity index (χ0n) is 8.53. The minimum atomic E-state index is -0.627. The van der Waals surface area contributed by atoms with Crippen molar-refractivity contribution in [2.75, 3.05) is 13.7 Å². The molecule has 16 heavy (non-hydrogen) atoms. The summed E-state index contributed by atoms with van der Waals surface area (Å²) in [6.45, 7) is -0.239. The lowest BCUT2D eigenvalue weighted by molar-refractivity contribution is -0.119. The summed E-state index contributed by atoms with van der Waals surface area (Å²) in [5, 5.41) is -0.627. The van der Waals surface area contributed by atoms with Crippen LogP contribution in [0.2, 0.25) is 0 Å². The zero-order chi connectivity index (χ0) is 12.1. The minimum Gasteiger partial charge on any atom is -0.496 e. The Hall–Kier alpha value is -1.75. The third-order valence-corrected chi connectivity index (χ3v) is 1.97. The second-order valence-corrected chi connectivity index (χ2v) is 3.23. The highest BCUT2D eigenvalue weighted by atomic mass is 35.5. The predicted molar refractivity (Wildman–Crippen MR) is 57.9 cm³/mol. The van der Waals surface area contributed by atoms with Crippen molar-refractivity contribution in [3.8, 4) is 11.5 Å². The Morgan fingerprint density at radius 2 is 2.12 bits per heavy atom. The number of halogens is 1. The van der Waals surface area contributed by atoms with Crippen molar-refractivity contribution >= 4 is 22.8 Å². The van der Waals surface area contributed by atoms with Gasteiger partial charge in [-0.15, -0.1) is 0 Å². The number of rotatable bonds is 5. The molecule has 0 unspecified atom stereocenters. The lowest BCUT2D eigenvalue weighted by Crippen LogP contribution is -2.20. The lowest BCUT2D eigenvalue weighted by Gasteiger charge is -2.08. The van der Waals surface area contributed by atoms with E-state index in [2.05, 4.69) is 0 Å². The molecule has 1 rings (SSSR count). The van der Waals surface area contributed by atoms with E-state index in [-0.39, 0.29) is 17.9 Å². The van der Waals surface area contributed by atoms with Gasteiger partial charge in [0, 0.05) is 6.07 Å². The second-order valence-electron chi connectivity index (χ2n) is 2.89. The Kier molecular flexibility index (Phi) is 4.13. The monoisotopic (exact) mass is 243 g/mol. The van der Waals surface area contributed by atoms with Crippen LogP contribution in [0.1, 0.15) is 10.4 Å². The number of methoxy groups -OCH3 is 1. The molecule has 0 aromatic heterocycles. The molecule has 0 aliphatic rings. The zero-order valence-corrected chi connectivity index (χ0v) is 9.28. The van der Waals surface area contributed by atoms with Gasteiger partial charge in [0.2, 0.25) is 0 Å². The third-order valence-electron chi connectivity index (χ3n) is 1.77. The summed E-state index contributed by atoms with van der Waals surface area (Å²) in [7, 11) is 1.40. The van der Waals surface area contributed by atoms with Crippen molar-refractivity contribution < 1.29 is 19.1 Å². The maximum Gasteiger partial charge on any atom is 0.256 e. The normalized spacial score (nSPS) is 9.62. The van der Waals surface area contributed by atoms with E-state index in [1.807, 2.05) is 0 Å². The molecule has 2 N–H and O–H groups in total. The summed E-state index contributed by atoms with van der Waals surface area (Å²) in [5.41, 5.74) is 5.15. The molecule has 0 bridgehead atoms. The fourth-order valence-electron chi connectivity index (χ4n) is 1.08. The number of carbonyl (C=O) groups is 2. The van der Waals surface area contributed by atoms with Gasteiger partial charge in [-0.3, -0.25) is 9.59 Å². The molecular weight excluding hydrogens is 234 g/mol. The Bertz CT molecular complexity index is 419. The predicted octanol–water partition coefficient (Wildman–Crippen LogP) is 0.938. The van der Waals surface area contributed by atoms with Crippen LogP contribution in [-0.4, -0.2) is 24.9 Å². The maximum atomic E-state index is 11.0. The van der Waals surface area contributed by atoms with E-state index in [0.717, 1.165) is 0 Å². The summed E-state index contributed by atoms with van der Waals surface area (Å²) in [5.74, 6) is 0.0655. The van der Waals surface area contributed by atoms with E-state index in [9.17, 15) is 9.59 Å². The summed E-state index contributed by atoms with van der Waals surface area (Å²) in [4.78, 5) is 21.5. The van der Waals surface area contributed by atoms with Crippen molar-refractivity contribution in [3.05, 3.63) is 23.8 Å². The smallest absolute Gasteiger partial charge is 0.256 e. The van der Waals surface area contributed by atoms with Crippen LogP contribution in [0.5, 0.6) is 11.5 Å². The van der Waals surface area contributed by atoms with Gasteiger partial charge in [-0.1, -0.05) is 0 Å². The van der Waals surface area contributed by atoms with E-state index in [1.165, 1.54) is 25.3 Å². The highest BCUT2D eigenvalue weighted by Crippen LogP contribution is 2.25. The largest absolute Gasteiger partial charge is 0.496 e. The number of primary amides is 1. The molecule has 0 aliphatic carbocycles. The molecule has 1 aromatic carbocycles. The van der Waals surface area contributed by atoms with Gasteiger partial charge in [-0.25, -0.2) is 0 Å². The quantitative estimate of drug-likeness (QED) is 0.781. The third kappa shape index (κ3) is 3.13. The average Bonchev–Trinajstić information content (AvgIpc) is 2.25. The number of hydrogen-bond donors (Lipinski definition) is 1. The molecule has 0 aliphatic heterocycles. The molecule has 5 nitrogen and oxygen atoms in total. The fraction of sp³-hybridized carbons (Fsp3) is 0.200. The van der Waals surface area contributed by atoms with E-state index < -0.39 is 11.1 Å². The van der Waals surface area contributed by atoms with E-state index >= 15 is 0 Å². The Morgan fingerprint density at radius 1 is 1.44 bits per heavy atom. The molecule has 1 amide bonds. The second kappa shape index (κ2) is 5.37. The van der Waals surface area contributed by atoms with E-state index in [4.69, 9.17) is 26.8 Å². The minimum absolute atomic E-state index is 0.232. The first-order valence-corrected chi connectivity index (χ1v) is 4.71. The van der Waals surface area contributed by atoms with Crippen LogP contribution in [0.15, 0.2) is 18.2 Å². The Balaban J connectivity index is 2.90. The first-order chi connectivity index (χ1) is 7.54. The molecule has 6 heteroatoms. The van der Waals surface area contributed by atoms with Gasteiger partial charge in [0.05, 0.1) is 12.7 Å². The SMILES string of the molecule is COc1cc(OCC(N)=O)ccc1C(=O)Cl. The van der Waals surface area contributed by atoms with Gasteiger partial charge in [0.1, 0.15) is 11.5 Å². The first-order valence-electron chi connectivity index (χ1n) is 4.33. The lowest BCUT2D eigenvalue weighted by atomic mass is 10.2. The van der Waals surface area contributed by atoms with Crippen LogP contribution in [-0.2, 0) is 4.79 Å². The Labute approximate surface area is 97.1 Å². The van der Waals surface area contributed by atoms with Gasteiger partial charge >= 0.3 is 0 Å². The Morgan fingerprint density at radius 3 is 2.62 bits per heavy atom. The summed E-state index contributed by atoms with van der Waals surface area (Å²) in [6, 6.07) is 4.41. The molecule has 0 fully saturated rings. The number of benzene rings is 1. The van der Waals surface area contributed by atoms with Gasteiger partial charge < -0.3 is 15.2 Å². The molecule has 0 saturated heterocycles. The number of carbonyl (C=O) groups excluding carboxylic acids is 2. The maximum absolute atomic E-state index is 11.0. The fourth-order valence-corrected chi connectivity index (χ4v) is 1.23. The topological polar surface area (TPSA) is 78.6 Å². The summed E-state index contributed by atoms with van der Waals surface area (Å²) in [6.07, 6.45) is 0. The van der Waals surface area contributed by atoms with Crippen molar-refractivity contribution in [1.82, 2.24) is 0 Å². The van der Waals surface area contributed by atoms with E-state index in [1.54, 1.807) is 0 Å². The molecule has 0 radical (unpaired) electrons. The van der Waals surface area contributed by atoms with Crippen molar-refractivity contribution in [3.63, 3.8) is 0 Å². The number of amides is 1. The van der Waals surface area contributed by atoms with Crippen molar-refractivity contribution in [2.45, 2.75) is 0 Å². The van der Waals surface area contributed by atoms with Gasteiger partial charge in [0.25, 0.3) is 11.1 Å². The molecular formula is C10H10ClNO4. The first kappa shape index (κ1) is 12.3. The number of hydrogen-bond acceptors (Lipinski definition) is 4. The summed E-state index contributed by atoms with van der Waals surface area (Å²) >= 11 is 5.33.